The average molecular weight is 339 g/mol. The highest BCUT2D eigenvalue weighted by Gasteiger charge is 2.28. The molecule has 1 fully saturated rings. The van der Waals surface area contributed by atoms with Crippen molar-refractivity contribution in [3.8, 4) is 5.75 Å². The van der Waals surface area contributed by atoms with Crippen LogP contribution in [0.25, 0.3) is 0 Å². The molecule has 0 bridgehead atoms. The second-order valence-electron chi connectivity index (χ2n) is 6.20. The van der Waals surface area contributed by atoms with E-state index in [1.54, 1.807) is 42.5 Å². The van der Waals surface area contributed by atoms with Crippen LogP contribution in [0.3, 0.4) is 0 Å². The fraction of sp³-hybridized carbons (Fsp3) is 0.368. The third kappa shape index (κ3) is 3.84. The van der Waals surface area contributed by atoms with Crippen LogP contribution in [0.4, 0.5) is 0 Å². The molecule has 0 radical (unpaired) electrons. The van der Waals surface area contributed by atoms with Crippen molar-refractivity contribution >= 4 is 11.7 Å². The maximum atomic E-state index is 12.6. The second-order valence-corrected chi connectivity index (χ2v) is 6.20. The van der Waals surface area contributed by atoms with Gasteiger partial charge in [-0.3, -0.25) is 14.6 Å². The fourth-order valence-corrected chi connectivity index (χ4v) is 3.00. The molecule has 130 valence electrons. The summed E-state index contributed by atoms with van der Waals surface area (Å²) < 4.78 is 5.12. The minimum absolute atomic E-state index is 0.0541. The molecule has 0 N–H and O–H groups in total. The quantitative estimate of drug-likeness (QED) is 0.801. The largest absolute Gasteiger partial charge is 0.497 e. The summed E-state index contributed by atoms with van der Waals surface area (Å²) in [7, 11) is 1.60. The second kappa shape index (κ2) is 7.42. The Hall–Kier alpha value is -2.76. The number of methoxy groups -OCH3 is 1. The number of rotatable bonds is 4. The van der Waals surface area contributed by atoms with E-state index in [2.05, 4.69) is 9.97 Å². The number of ether oxygens (including phenoxy) is 1. The van der Waals surface area contributed by atoms with Crippen LogP contribution in [-0.4, -0.2) is 46.8 Å². The van der Waals surface area contributed by atoms with Gasteiger partial charge in [0.05, 0.1) is 19.0 Å². The topological polar surface area (TPSA) is 72.4 Å². The first-order valence-electron chi connectivity index (χ1n) is 8.34. The number of carbonyl (C=O) groups excluding carboxylic acids is 2. The van der Waals surface area contributed by atoms with Crippen molar-refractivity contribution in [3.05, 3.63) is 53.6 Å². The third-order valence-electron chi connectivity index (χ3n) is 4.53. The molecule has 1 aromatic heterocycles. The molecule has 2 aromatic rings. The number of hydrogen-bond acceptors (Lipinski definition) is 5. The van der Waals surface area contributed by atoms with Crippen LogP contribution in [0.2, 0.25) is 0 Å². The maximum absolute atomic E-state index is 12.6. The molecule has 1 aromatic carbocycles. The number of nitrogens with zero attached hydrogens (tertiary/aromatic N) is 3. The summed E-state index contributed by atoms with van der Waals surface area (Å²) in [5, 5.41) is 0. The predicted octanol–water partition coefficient (Wildman–Crippen LogP) is 2.53. The summed E-state index contributed by atoms with van der Waals surface area (Å²) in [5.41, 5.74) is 1.82. The first-order valence-corrected chi connectivity index (χ1v) is 8.34. The molecule has 0 atom stereocenters. The van der Waals surface area contributed by atoms with Gasteiger partial charge in [0.1, 0.15) is 11.4 Å². The molecule has 3 rings (SSSR count). The van der Waals surface area contributed by atoms with Gasteiger partial charge in [-0.2, -0.15) is 0 Å². The van der Waals surface area contributed by atoms with E-state index in [-0.39, 0.29) is 17.6 Å². The highest BCUT2D eigenvalue weighted by Crippen LogP contribution is 2.23. The number of likely N-dealkylation sites (tertiary alicyclic amines) is 1. The van der Waals surface area contributed by atoms with Crippen molar-refractivity contribution in [1.82, 2.24) is 14.9 Å². The zero-order chi connectivity index (χ0) is 17.8. The van der Waals surface area contributed by atoms with Crippen molar-refractivity contribution in [1.29, 1.82) is 0 Å². The van der Waals surface area contributed by atoms with Crippen LogP contribution in [0, 0.1) is 12.8 Å². The van der Waals surface area contributed by atoms with E-state index in [0.717, 1.165) is 11.4 Å². The molecule has 0 unspecified atom stereocenters. The lowest BCUT2D eigenvalue weighted by Crippen LogP contribution is -2.40. The summed E-state index contributed by atoms with van der Waals surface area (Å²) in [6, 6.07) is 7.17. The molecule has 0 spiro atoms. The van der Waals surface area contributed by atoms with Gasteiger partial charge in [-0.15, -0.1) is 0 Å². The SMILES string of the molecule is COc1ccc(C(=O)C2CCN(C(=O)c3cnc(C)cn3)CC2)cc1. The Labute approximate surface area is 146 Å². The molecule has 1 aliphatic rings. The van der Waals surface area contributed by atoms with E-state index in [1.165, 1.54) is 6.20 Å². The van der Waals surface area contributed by atoms with Crippen molar-refractivity contribution in [2.45, 2.75) is 19.8 Å². The molecule has 1 saturated heterocycles. The van der Waals surface area contributed by atoms with E-state index < -0.39 is 0 Å². The molecule has 25 heavy (non-hydrogen) atoms. The fourth-order valence-electron chi connectivity index (χ4n) is 3.00. The Balaban J connectivity index is 1.60. The van der Waals surface area contributed by atoms with Crippen LogP contribution in [-0.2, 0) is 0 Å². The lowest BCUT2D eigenvalue weighted by atomic mass is 9.89. The average Bonchev–Trinajstić information content (AvgIpc) is 2.67. The van der Waals surface area contributed by atoms with Gasteiger partial charge in [0.15, 0.2) is 5.78 Å². The number of aromatic nitrogens is 2. The molecular weight excluding hydrogens is 318 g/mol. The Morgan fingerprint density at radius 1 is 1.08 bits per heavy atom. The van der Waals surface area contributed by atoms with Crippen LogP contribution in [0.5, 0.6) is 5.75 Å². The number of piperidine rings is 1. The first-order chi connectivity index (χ1) is 12.1. The van der Waals surface area contributed by atoms with Crippen LogP contribution in [0.1, 0.15) is 39.4 Å². The summed E-state index contributed by atoms with van der Waals surface area (Å²) in [6.45, 7) is 2.94. The molecule has 6 nitrogen and oxygen atoms in total. The van der Waals surface area contributed by atoms with Crippen molar-refractivity contribution in [3.63, 3.8) is 0 Å². The smallest absolute Gasteiger partial charge is 0.274 e. The van der Waals surface area contributed by atoms with E-state index >= 15 is 0 Å². The number of carbonyl (C=O) groups is 2. The summed E-state index contributed by atoms with van der Waals surface area (Å²) in [5.74, 6) is 0.686. The number of benzene rings is 1. The zero-order valence-electron chi connectivity index (χ0n) is 14.4. The van der Waals surface area contributed by atoms with Gasteiger partial charge >= 0.3 is 0 Å². The normalized spacial score (nSPS) is 15.0. The molecule has 1 amide bonds. The molecule has 6 heteroatoms. The standard InChI is InChI=1S/C19H21N3O3/c1-13-11-21-17(12-20-13)19(24)22-9-7-15(8-10-22)18(23)14-3-5-16(25-2)6-4-14/h3-6,11-12,15H,7-10H2,1-2H3. The Bertz CT molecular complexity index is 748. The van der Waals surface area contributed by atoms with Gasteiger partial charge < -0.3 is 9.64 Å². The minimum Gasteiger partial charge on any atom is -0.497 e. The molecule has 2 heterocycles. The Morgan fingerprint density at radius 3 is 2.32 bits per heavy atom. The highest BCUT2D eigenvalue weighted by atomic mass is 16.5. The van der Waals surface area contributed by atoms with E-state index in [9.17, 15) is 9.59 Å². The summed E-state index contributed by atoms with van der Waals surface area (Å²) >= 11 is 0. The highest BCUT2D eigenvalue weighted by molar-refractivity contribution is 5.98. The number of amides is 1. The van der Waals surface area contributed by atoms with Gasteiger partial charge in [0.2, 0.25) is 0 Å². The van der Waals surface area contributed by atoms with Gasteiger partial charge in [-0.25, -0.2) is 4.98 Å². The van der Waals surface area contributed by atoms with Crippen LogP contribution >= 0.6 is 0 Å². The minimum atomic E-state index is -0.122. The van der Waals surface area contributed by atoms with Gasteiger partial charge in [-0.05, 0) is 44.0 Å². The lowest BCUT2D eigenvalue weighted by molar-refractivity contribution is 0.0645. The van der Waals surface area contributed by atoms with Gasteiger partial charge in [0.25, 0.3) is 5.91 Å². The van der Waals surface area contributed by atoms with Gasteiger partial charge in [-0.1, -0.05) is 0 Å². The summed E-state index contributed by atoms with van der Waals surface area (Å²) in [4.78, 5) is 35.1. The zero-order valence-corrected chi connectivity index (χ0v) is 14.4. The van der Waals surface area contributed by atoms with Crippen molar-refractivity contribution in [2.75, 3.05) is 20.2 Å². The maximum Gasteiger partial charge on any atom is 0.274 e. The monoisotopic (exact) mass is 339 g/mol. The number of aryl methyl sites for hydroxylation is 1. The van der Waals surface area contributed by atoms with E-state index in [0.29, 0.717) is 37.2 Å². The molecule has 0 saturated carbocycles. The Kier molecular flexibility index (Phi) is 5.07. The van der Waals surface area contributed by atoms with Crippen LogP contribution < -0.4 is 4.74 Å². The lowest BCUT2D eigenvalue weighted by Gasteiger charge is -2.31. The first kappa shape index (κ1) is 17.1. The number of Topliss-reactive ketones (excluding diaryl/α,β-unsaturated/α-hetero) is 1. The molecule has 1 aliphatic heterocycles. The summed E-state index contributed by atoms with van der Waals surface area (Å²) in [6.07, 6.45) is 4.42. The van der Waals surface area contributed by atoms with E-state index in [1.807, 2.05) is 6.92 Å². The van der Waals surface area contributed by atoms with Crippen molar-refractivity contribution < 1.29 is 14.3 Å². The van der Waals surface area contributed by atoms with Crippen molar-refractivity contribution in [2.24, 2.45) is 5.92 Å². The number of ketones is 1. The van der Waals surface area contributed by atoms with Crippen LogP contribution in [0.15, 0.2) is 36.7 Å². The molecular formula is C19H21N3O3. The van der Waals surface area contributed by atoms with E-state index in [4.69, 9.17) is 4.74 Å². The number of hydrogen-bond donors (Lipinski definition) is 0. The molecule has 0 aliphatic carbocycles. The van der Waals surface area contributed by atoms with Gasteiger partial charge in [0, 0.05) is 30.8 Å². The Morgan fingerprint density at radius 2 is 1.76 bits per heavy atom. The predicted molar refractivity (Wildman–Crippen MR) is 92.7 cm³/mol. The third-order valence-corrected chi connectivity index (χ3v) is 4.53.